The van der Waals surface area contributed by atoms with Crippen molar-refractivity contribution in [3.8, 4) is 0 Å². The molecule has 2 fully saturated rings. The van der Waals surface area contributed by atoms with Crippen LogP contribution in [0.15, 0.2) is 12.1 Å². The molecule has 1 amide bonds. The first-order chi connectivity index (χ1) is 14.6. The summed E-state index contributed by atoms with van der Waals surface area (Å²) in [6, 6.07) is 3.79. The van der Waals surface area contributed by atoms with Gasteiger partial charge in [0, 0.05) is 38.8 Å². The van der Waals surface area contributed by atoms with Crippen LogP contribution in [0.3, 0.4) is 0 Å². The van der Waals surface area contributed by atoms with E-state index in [1.54, 1.807) is 11.4 Å². The highest BCUT2D eigenvalue weighted by molar-refractivity contribution is 5.81. The summed E-state index contributed by atoms with van der Waals surface area (Å²) < 4.78 is 18.0. The van der Waals surface area contributed by atoms with E-state index in [9.17, 15) is 9.59 Å². The molecule has 0 bridgehead atoms. The summed E-state index contributed by atoms with van der Waals surface area (Å²) >= 11 is 0. The number of rotatable bonds is 7. The second-order valence-corrected chi connectivity index (χ2v) is 7.25. The van der Waals surface area contributed by atoms with E-state index in [0.717, 1.165) is 31.7 Å². The monoisotopic (exact) mass is 418 g/mol. The smallest absolute Gasteiger partial charge is 0.325 e. The number of hydrogen-bond donors (Lipinski definition) is 1. The van der Waals surface area contributed by atoms with Crippen LogP contribution >= 0.6 is 0 Å². The molecule has 2 aliphatic heterocycles. The molecule has 0 saturated carbocycles. The number of fused-ring (bicyclic) bond motifs is 1. The number of aromatic nitrogens is 4. The van der Waals surface area contributed by atoms with Crippen LogP contribution < -0.4 is 10.2 Å². The summed E-state index contributed by atoms with van der Waals surface area (Å²) in [7, 11) is 0. The van der Waals surface area contributed by atoms with Gasteiger partial charge < -0.3 is 24.4 Å². The van der Waals surface area contributed by atoms with Crippen LogP contribution in [0, 0.1) is 0 Å². The predicted molar refractivity (Wildman–Crippen MR) is 105 cm³/mol. The van der Waals surface area contributed by atoms with Crippen molar-refractivity contribution < 1.29 is 23.8 Å². The normalized spacial score (nSPS) is 18.1. The van der Waals surface area contributed by atoms with Crippen LogP contribution in [-0.4, -0.2) is 76.9 Å². The Bertz CT molecular complexity index is 900. The van der Waals surface area contributed by atoms with Crippen molar-refractivity contribution in [3.63, 3.8) is 0 Å². The third kappa shape index (κ3) is 4.51. The lowest BCUT2D eigenvalue weighted by atomic mass is 10.0. The van der Waals surface area contributed by atoms with Gasteiger partial charge in [0.25, 0.3) is 0 Å². The molecule has 2 aromatic heterocycles. The van der Waals surface area contributed by atoms with Gasteiger partial charge in [-0.2, -0.15) is 4.52 Å². The molecule has 2 saturated heterocycles. The van der Waals surface area contributed by atoms with E-state index in [1.807, 2.05) is 12.1 Å². The average molecular weight is 418 g/mol. The number of piperidine rings is 1. The van der Waals surface area contributed by atoms with E-state index in [2.05, 4.69) is 25.5 Å². The topological polar surface area (TPSA) is 120 Å². The number of nitrogens with zero attached hydrogens (tertiary/aromatic N) is 5. The van der Waals surface area contributed by atoms with E-state index < -0.39 is 11.8 Å². The van der Waals surface area contributed by atoms with Gasteiger partial charge in [-0.1, -0.05) is 0 Å². The zero-order chi connectivity index (χ0) is 21.0. The summed E-state index contributed by atoms with van der Waals surface area (Å²) in [5, 5.41) is 15.5. The second-order valence-electron chi connectivity index (χ2n) is 7.25. The van der Waals surface area contributed by atoms with Gasteiger partial charge in [-0.3, -0.25) is 9.59 Å². The van der Waals surface area contributed by atoms with Crippen LogP contribution in [-0.2, 0) is 30.2 Å². The summed E-state index contributed by atoms with van der Waals surface area (Å²) in [5.41, 5.74) is 0.622. The van der Waals surface area contributed by atoms with Gasteiger partial charge in [-0.05, 0) is 19.1 Å². The molecule has 0 aromatic carbocycles. The molecular formula is C19H26N6O5. The average Bonchev–Trinajstić information content (AvgIpc) is 3.38. The van der Waals surface area contributed by atoms with Crippen LogP contribution in [0.5, 0.6) is 0 Å². The number of aryl methyl sites for hydroxylation is 1. The Morgan fingerprint density at radius 1 is 1.20 bits per heavy atom. The molecule has 4 rings (SSSR count). The summed E-state index contributed by atoms with van der Waals surface area (Å²) in [5.74, 6) is 0.270. The van der Waals surface area contributed by atoms with Crippen molar-refractivity contribution in [1.29, 1.82) is 0 Å². The maximum Gasteiger partial charge on any atom is 0.325 e. The number of anilines is 1. The largest absolute Gasteiger partial charge is 0.465 e. The Labute approximate surface area is 173 Å². The fourth-order valence-electron chi connectivity index (χ4n) is 3.71. The van der Waals surface area contributed by atoms with Crippen molar-refractivity contribution in [2.24, 2.45) is 0 Å². The molecule has 30 heavy (non-hydrogen) atoms. The number of carbonyl (C=O) groups is 2. The third-order valence-corrected chi connectivity index (χ3v) is 5.29. The number of ether oxygens (including phenoxy) is 3. The Hall–Kier alpha value is -2.79. The molecule has 2 aliphatic rings. The minimum absolute atomic E-state index is 0.139. The molecule has 0 unspecified atom stereocenters. The van der Waals surface area contributed by atoms with E-state index >= 15 is 0 Å². The van der Waals surface area contributed by atoms with Crippen molar-refractivity contribution in [1.82, 2.24) is 25.1 Å². The van der Waals surface area contributed by atoms with E-state index in [0.29, 0.717) is 31.1 Å². The summed E-state index contributed by atoms with van der Waals surface area (Å²) in [4.78, 5) is 25.5. The van der Waals surface area contributed by atoms with Crippen molar-refractivity contribution >= 4 is 23.3 Å². The number of esters is 1. The predicted octanol–water partition coefficient (Wildman–Crippen LogP) is 0.0795. The summed E-state index contributed by atoms with van der Waals surface area (Å²) in [6.07, 6.45) is 2.12. The lowest BCUT2D eigenvalue weighted by molar-refractivity contribution is -0.169. The van der Waals surface area contributed by atoms with Gasteiger partial charge in [0.05, 0.1) is 19.8 Å². The van der Waals surface area contributed by atoms with Crippen LogP contribution in [0.1, 0.15) is 32.0 Å². The van der Waals surface area contributed by atoms with Gasteiger partial charge in [0.2, 0.25) is 5.91 Å². The van der Waals surface area contributed by atoms with E-state index in [1.165, 1.54) is 0 Å². The highest BCUT2D eigenvalue weighted by Crippen LogP contribution is 2.32. The van der Waals surface area contributed by atoms with Crippen LogP contribution in [0.25, 0.3) is 5.65 Å². The van der Waals surface area contributed by atoms with Gasteiger partial charge in [0.15, 0.2) is 17.3 Å². The maximum absolute atomic E-state index is 12.0. The molecule has 11 nitrogen and oxygen atoms in total. The SMILES string of the molecule is CCOC(=O)CNC(=O)CCc1nnc2ccc(N3CCC4(CC3)OCCO4)nn12. The fourth-order valence-corrected chi connectivity index (χ4v) is 3.71. The molecule has 11 heteroatoms. The molecule has 0 radical (unpaired) electrons. The van der Waals surface area contributed by atoms with Gasteiger partial charge in [-0.25, -0.2) is 0 Å². The van der Waals surface area contributed by atoms with Crippen molar-refractivity contribution in [2.75, 3.05) is 44.4 Å². The van der Waals surface area contributed by atoms with Gasteiger partial charge >= 0.3 is 5.97 Å². The number of hydrogen-bond acceptors (Lipinski definition) is 9. The fraction of sp³-hybridized carbons (Fsp3) is 0.632. The second kappa shape index (κ2) is 8.92. The molecular weight excluding hydrogens is 392 g/mol. The first kappa shape index (κ1) is 20.5. The Morgan fingerprint density at radius 2 is 1.97 bits per heavy atom. The third-order valence-electron chi connectivity index (χ3n) is 5.29. The minimum atomic E-state index is -0.457. The number of amides is 1. The van der Waals surface area contributed by atoms with E-state index in [-0.39, 0.29) is 25.5 Å². The molecule has 4 heterocycles. The lowest BCUT2D eigenvalue weighted by Gasteiger charge is -2.38. The Kier molecular flexibility index (Phi) is 6.09. The highest BCUT2D eigenvalue weighted by atomic mass is 16.7. The van der Waals surface area contributed by atoms with Crippen LogP contribution in [0.2, 0.25) is 0 Å². The molecule has 2 aromatic rings. The zero-order valence-electron chi connectivity index (χ0n) is 17.0. The zero-order valence-corrected chi connectivity index (χ0v) is 17.0. The quantitative estimate of drug-likeness (QED) is 0.623. The Morgan fingerprint density at radius 3 is 2.70 bits per heavy atom. The number of carbonyl (C=O) groups excluding carboxylic acids is 2. The molecule has 162 valence electrons. The summed E-state index contributed by atoms with van der Waals surface area (Å²) in [6.45, 7) is 4.74. The minimum Gasteiger partial charge on any atom is -0.465 e. The molecule has 1 spiro atoms. The standard InChI is InChI=1S/C19H26N6O5/c1-2-28-18(27)13-20-17(26)6-5-15-22-21-14-3-4-16(23-25(14)15)24-9-7-19(8-10-24)29-11-12-30-19/h3-4H,2,5-13H2,1H3,(H,20,26). The Balaban J connectivity index is 1.36. The first-order valence-corrected chi connectivity index (χ1v) is 10.2. The number of nitrogens with one attached hydrogen (secondary N) is 1. The molecule has 0 atom stereocenters. The molecule has 0 aliphatic carbocycles. The van der Waals surface area contributed by atoms with Crippen molar-refractivity contribution in [2.45, 2.75) is 38.4 Å². The van der Waals surface area contributed by atoms with Gasteiger partial charge in [0.1, 0.15) is 12.4 Å². The van der Waals surface area contributed by atoms with Crippen LogP contribution in [0.4, 0.5) is 5.82 Å². The molecule has 1 N–H and O–H groups in total. The van der Waals surface area contributed by atoms with Crippen molar-refractivity contribution in [3.05, 3.63) is 18.0 Å². The lowest BCUT2D eigenvalue weighted by Crippen LogP contribution is -2.45. The highest BCUT2D eigenvalue weighted by Gasteiger charge is 2.40. The maximum atomic E-state index is 12.0. The van der Waals surface area contributed by atoms with E-state index in [4.69, 9.17) is 14.2 Å². The van der Waals surface area contributed by atoms with Gasteiger partial charge in [-0.15, -0.1) is 15.3 Å². The first-order valence-electron chi connectivity index (χ1n) is 10.2.